The molecule has 5 rings (SSSR count). The molecule has 3 aromatic rings. The van der Waals surface area contributed by atoms with Crippen molar-refractivity contribution in [2.75, 3.05) is 0 Å². The Morgan fingerprint density at radius 3 is 2.40 bits per heavy atom. The van der Waals surface area contributed by atoms with E-state index in [0.717, 1.165) is 0 Å². The van der Waals surface area contributed by atoms with Gasteiger partial charge in [-0.3, -0.25) is 0 Å². The summed E-state index contributed by atoms with van der Waals surface area (Å²) in [5, 5.41) is 2.80. The van der Waals surface area contributed by atoms with Crippen LogP contribution in [0.4, 0.5) is 0 Å². The Morgan fingerprint density at radius 2 is 1.55 bits per heavy atom. The third kappa shape index (κ3) is 1.18. The van der Waals surface area contributed by atoms with Gasteiger partial charge in [-0.1, -0.05) is 64.5 Å². The second-order valence-electron chi connectivity index (χ2n) is 5.95. The molecule has 0 saturated heterocycles. The minimum Gasteiger partial charge on any atom is -0.0619 e. The van der Waals surface area contributed by atoms with Gasteiger partial charge in [0.1, 0.15) is 0 Å². The molecule has 0 bridgehead atoms. The van der Waals surface area contributed by atoms with Crippen LogP contribution >= 0.6 is 15.9 Å². The van der Waals surface area contributed by atoms with Gasteiger partial charge in [0.05, 0.1) is 0 Å². The van der Waals surface area contributed by atoms with E-state index in [4.69, 9.17) is 0 Å². The van der Waals surface area contributed by atoms with Gasteiger partial charge in [0.25, 0.3) is 0 Å². The second kappa shape index (κ2) is 3.53. The molecule has 1 heteroatoms. The van der Waals surface area contributed by atoms with Gasteiger partial charge in [0.2, 0.25) is 0 Å². The van der Waals surface area contributed by atoms with E-state index in [0.29, 0.717) is 5.41 Å². The Kier molecular flexibility index (Phi) is 1.96. The molecule has 0 N–H and O–H groups in total. The van der Waals surface area contributed by atoms with E-state index in [1.807, 2.05) is 0 Å². The Hall–Kier alpha value is -1.60. The Labute approximate surface area is 126 Å². The van der Waals surface area contributed by atoms with E-state index in [-0.39, 0.29) is 0 Å². The van der Waals surface area contributed by atoms with Gasteiger partial charge in [0, 0.05) is 9.89 Å². The monoisotopic (exact) mass is 320 g/mol. The SMILES string of the molecule is Brc1ccc2c3c(cccc13)-c1ccccc1C21CC1. The van der Waals surface area contributed by atoms with Crippen LogP contribution in [0.2, 0.25) is 0 Å². The minimum absolute atomic E-state index is 0.296. The minimum atomic E-state index is 0.296. The molecule has 96 valence electrons. The third-order valence-electron chi connectivity index (χ3n) is 4.99. The second-order valence-corrected chi connectivity index (χ2v) is 6.81. The Bertz CT molecular complexity index is 872. The molecular formula is C19H13Br. The Morgan fingerprint density at radius 1 is 0.750 bits per heavy atom. The standard InChI is InChI=1S/C19H13Br/c20-17-9-8-16-18-13(5-3-6-14(17)18)12-4-1-2-7-15(12)19(16)10-11-19/h1-9H,10-11H2. The maximum absolute atomic E-state index is 3.72. The molecule has 0 aliphatic heterocycles. The number of rotatable bonds is 0. The summed E-state index contributed by atoms with van der Waals surface area (Å²) < 4.78 is 1.20. The van der Waals surface area contributed by atoms with E-state index < -0.39 is 0 Å². The van der Waals surface area contributed by atoms with Crippen LogP contribution in [0.25, 0.3) is 21.9 Å². The molecule has 1 spiro atoms. The fraction of sp³-hybridized carbons (Fsp3) is 0.158. The molecule has 0 radical (unpaired) electrons. The summed E-state index contributed by atoms with van der Waals surface area (Å²) in [7, 11) is 0. The van der Waals surface area contributed by atoms with Crippen LogP contribution in [-0.2, 0) is 5.41 Å². The summed E-state index contributed by atoms with van der Waals surface area (Å²) in [6.07, 6.45) is 2.57. The van der Waals surface area contributed by atoms with E-state index in [1.54, 1.807) is 0 Å². The van der Waals surface area contributed by atoms with Crippen molar-refractivity contribution in [3.8, 4) is 11.1 Å². The number of benzene rings is 3. The topological polar surface area (TPSA) is 0 Å². The van der Waals surface area contributed by atoms with Crippen LogP contribution in [-0.4, -0.2) is 0 Å². The van der Waals surface area contributed by atoms with Crippen LogP contribution in [0, 0.1) is 0 Å². The molecule has 0 atom stereocenters. The molecule has 20 heavy (non-hydrogen) atoms. The normalized spacial score (nSPS) is 17.2. The zero-order valence-electron chi connectivity index (χ0n) is 11.0. The van der Waals surface area contributed by atoms with E-state index in [2.05, 4.69) is 70.5 Å². The first-order chi connectivity index (χ1) is 9.81. The van der Waals surface area contributed by atoms with Crippen LogP contribution < -0.4 is 0 Å². The van der Waals surface area contributed by atoms with Crippen molar-refractivity contribution < 1.29 is 0 Å². The van der Waals surface area contributed by atoms with Crippen molar-refractivity contribution in [1.29, 1.82) is 0 Å². The molecule has 1 fully saturated rings. The molecule has 0 nitrogen and oxygen atoms in total. The van der Waals surface area contributed by atoms with Gasteiger partial charge < -0.3 is 0 Å². The first-order valence-electron chi connectivity index (χ1n) is 7.13. The summed E-state index contributed by atoms with van der Waals surface area (Å²) in [6.45, 7) is 0. The largest absolute Gasteiger partial charge is 0.0619 e. The lowest BCUT2D eigenvalue weighted by Crippen LogP contribution is -2.15. The first-order valence-corrected chi connectivity index (χ1v) is 7.92. The summed E-state index contributed by atoms with van der Waals surface area (Å²) in [5.41, 5.74) is 6.18. The molecule has 2 aliphatic rings. The van der Waals surface area contributed by atoms with Gasteiger partial charge in [-0.25, -0.2) is 0 Å². The lowest BCUT2D eigenvalue weighted by atomic mass is 9.75. The highest BCUT2D eigenvalue weighted by Gasteiger charge is 2.50. The molecule has 1 saturated carbocycles. The highest BCUT2D eigenvalue weighted by atomic mass is 79.9. The van der Waals surface area contributed by atoms with Crippen molar-refractivity contribution in [2.45, 2.75) is 18.3 Å². The molecule has 0 heterocycles. The third-order valence-corrected chi connectivity index (χ3v) is 5.68. The number of halogens is 1. The average Bonchev–Trinajstić information content (AvgIpc) is 3.28. The van der Waals surface area contributed by atoms with Crippen molar-refractivity contribution >= 4 is 26.7 Å². The van der Waals surface area contributed by atoms with Gasteiger partial charge >= 0.3 is 0 Å². The molecule has 2 aliphatic carbocycles. The quantitative estimate of drug-likeness (QED) is 0.501. The zero-order chi connectivity index (χ0) is 13.3. The fourth-order valence-corrected chi connectivity index (χ4v) is 4.40. The van der Waals surface area contributed by atoms with Crippen molar-refractivity contribution in [3.63, 3.8) is 0 Å². The smallest absolute Gasteiger partial charge is 0.0254 e. The zero-order valence-corrected chi connectivity index (χ0v) is 12.6. The lowest BCUT2D eigenvalue weighted by Gasteiger charge is -2.29. The molecule has 0 aromatic heterocycles. The molecule has 3 aromatic carbocycles. The van der Waals surface area contributed by atoms with Gasteiger partial charge in [-0.05, 0) is 51.9 Å². The predicted octanol–water partition coefficient (Wildman–Crippen LogP) is 5.66. The lowest BCUT2D eigenvalue weighted by molar-refractivity contribution is 0.853. The number of hydrogen-bond acceptors (Lipinski definition) is 0. The Balaban J connectivity index is 2.06. The van der Waals surface area contributed by atoms with Crippen molar-refractivity contribution in [3.05, 3.63) is 70.2 Å². The first kappa shape index (κ1) is 11.1. The highest BCUT2D eigenvalue weighted by Crippen LogP contribution is 2.61. The van der Waals surface area contributed by atoms with E-state index in [1.165, 1.54) is 50.3 Å². The predicted molar refractivity (Wildman–Crippen MR) is 87.1 cm³/mol. The van der Waals surface area contributed by atoms with Gasteiger partial charge in [-0.2, -0.15) is 0 Å². The van der Waals surface area contributed by atoms with Crippen LogP contribution in [0.5, 0.6) is 0 Å². The van der Waals surface area contributed by atoms with E-state index in [9.17, 15) is 0 Å². The maximum Gasteiger partial charge on any atom is 0.0254 e. The van der Waals surface area contributed by atoms with Gasteiger partial charge in [0.15, 0.2) is 0 Å². The van der Waals surface area contributed by atoms with Crippen LogP contribution in [0.3, 0.4) is 0 Å². The summed E-state index contributed by atoms with van der Waals surface area (Å²) in [6, 6.07) is 20.2. The van der Waals surface area contributed by atoms with E-state index >= 15 is 0 Å². The average molecular weight is 321 g/mol. The van der Waals surface area contributed by atoms with Crippen LogP contribution in [0.15, 0.2) is 59.1 Å². The maximum atomic E-state index is 3.72. The molecule has 0 unspecified atom stereocenters. The molecular weight excluding hydrogens is 308 g/mol. The molecule has 0 amide bonds. The summed E-state index contributed by atoms with van der Waals surface area (Å²) in [5.74, 6) is 0. The van der Waals surface area contributed by atoms with Gasteiger partial charge in [-0.15, -0.1) is 0 Å². The number of hydrogen-bond donors (Lipinski definition) is 0. The van der Waals surface area contributed by atoms with Crippen LogP contribution in [0.1, 0.15) is 24.0 Å². The van der Waals surface area contributed by atoms with Crippen molar-refractivity contribution in [2.24, 2.45) is 0 Å². The summed E-state index contributed by atoms with van der Waals surface area (Å²) in [4.78, 5) is 0. The number of fused-ring (bicyclic) bond motifs is 4. The fourth-order valence-electron chi connectivity index (χ4n) is 3.94. The van der Waals surface area contributed by atoms with Crippen molar-refractivity contribution in [1.82, 2.24) is 0 Å². The summed E-state index contributed by atoms with van der Waals surface area (Å²) >= 11 is 3.72. The highest BCUT2D eigenvalue weighted by molar-refractivity contribution is 9.10.